The van der Waals surface area contributed by atoms with Gasteiger partial charge in [-0.25, -0.2) is 9.48 Å². The second kappa shape index (κ2) is 18.9. The number of unbranched alkanes of at least 4 members (excludes halogenated alkanes) is 16. The molecule has 1 aliphatic heterocycles. The van der Waals surface area contributed by atoms with E-state index in [4.69, 9.17) is 5.73 Å². The van der Waals surface area contributed by atoms with E-state index in [-0.39, 0.29) is 17.2 Å². The first-order valence-corrected chi connectivity index (χ1v) is 13.7. The van der Waals surface area contributed by atoms with E-state index in [1.807, 2.05) is 6.92 Å². The number of amidine groups is 1. The van der Waals surface area contributed by atoms with Crippen LogP contribution in [0.15, 0.2) is 29.5 Å². The molecule has 5 nitrogen and oxygen atoms in total. The number of rotatable bonds is 22. The molecule has 0 aromatic carbocycles. The fraction of sp³-hybridized carbons (Fsp3) is 0.786. The Kier molecular flexibility index (Phi) is 16.9. The summed E-state index contributed by atoms with van der Waals surface area (Å²) in [5.41, 5.74) is 6.09. The van der Waals surface area contributed by atoms with Gasteiger partial charge in [-0.05, 0) is 26.2 Å². The van der Waals surface area contributed by atoms with Crippen molar-refractivity contribution in [2.24, 2.45) is 10.7 Å². The molecule has 0 radical (unpaired) electrons. The van der Waals surface area contributed by atoms with Gasteiger partial charge in [-0.2, -0.15) is 0 Å². The molecule has 0 aromatic rings. The van der Waals surface area contributed by atoms with Crippen LogP contribution in [0.25, 0.3) is 0 Å². The van der Waals surface area contributed by atoms with Gasteiger partial charge in [-0.3, -0.25) is 5.73 Å². The molecule has 1 aliphatic rings. The number of carboxylic acids is 1. The van der Waals surface area contributed by atoms with Crippen LogP contribution in [0, 0.1) is 0 Å². The molecule has 0 saturated heterocycles. The number of aliphatic carboxylic acids is 1. The van der Waals surface area contributed by atoms with Crippen LogP contribution in [-0.4, -0.2) is 29.0 Å². The number of nitrogens with two attached hydrogens (primary N) is 1. The molecule has 0 spiro atoms. The Morgan fingerprint density at radius 3 is 1.79 bits per heavy atom. The quantitative estimate of drug-likeness (QED) is 0.116. The standard InChI is InChI=1S/C28H51N3O2/c1-3-4-5-6-7-8-9-10-11-12-13-14-15-16-17-18-19-20-21-22-27-30-23-24-31(27,26(2)29)25-28(32)33/h3-4,23-24,26H,5-22,25,29H2,1-2H3/b4-3+. The van der Waals surface area contributed by atoms with Crippen molar-refractivity contribution < 1.29 is 14.4 Å². The van der Waals surface area contributed by atoms with Crippen molar-refractivity contribution in [2.75, 3.05) is 6.54 Å². The Bertz CT molecular complexity index is 598. The van der Waals surface area contributed by atoms with Crippen molar-refractivity contribution in [3.63, 3.8) is 0 Å². The van der Waals surface area contributed by atoms with E-state index in [1.54, 1.807) is 12.4 Å². The summed E-state index contributed by atoms with van der Waals surface area (Å²) in [7, 11) is 0. The van der Waals surface area contributed by atoms with Crippen LogP contribution >= 0.6 is 0 Å². The number of hydrogen-bond acceptors (Lipinski definition) is 4. The molecule has 33 heavy (non-hydrogen) atoms. The summed E-state index contributed by atoms with van der Waals surface area (Å²) in [5.74, 6) is -0.226. The third-order valence-electron chi connectivity index (χ3n) is 6.91. The van der Waals surface area contributed by atoms with Gasteiger partial charge >= 0.3 is 0 Å². The molecule has 0 bridgehead atoms. The lowest BCUT2D eigenvalue weighted by Crippen LogP contribution is -2.60. The number of aliphatic imine (C=N–C) groups is 1. The van der Waals surface area contributed by atoms with Gasteiger partial charge in [0.15, 0.2) is 0 Å². The van der Waals surface area contributed by atoms with E-state index in [2.05, 4.69) is 24.1 Å². The third-order valence-corrected chi connectivity index (χ3v) is 6.91. The first-order chi connectivity index (χ1) is 16.0. The van der Waals surface area contributed by atoms with Crippen molar-refractivity contribution in [1.82, 2.24) is 0 Å². The average molecular weight is 462 g/mol. The Morgan fingerprint density at radius 1 is 0.909 bits per heavy atom. The van der Waals surface area contributed by atoms with Gasteiger partial charge in [-0.15, -0.1) is 0 Å². The molecule has 0 aromatic heterocycles. The monoisotopic (exact) mass is 461 g/mol. The minimum Gasteiger partial charge on any atom is -0.544 e. The Labute approximate surface area is 203 Å². The summed E-state index contributed by atoms with van der Waals surface area (Å²) < 4.78 is 0.110. The maximum absolute atomic E-state index is 11.2. The second-order valence-corrected chi connectivity index (χ2v) is 9.81. The van der Waals surface area contributed by atoms with Crippen molar-refractivity contribution in [3.05, 3.63) is 24.6 Å². The van der Waals surface area contributed by atoms with Crippen LogP contribution in [0.4, 0.5) is 0 Å². The van der Waals surface area contributed by atoms with Gasteiger partial charge in [0.25, 0.3) is 0 Å². The van der Waals surface area contributed by atoms with Crippen LogP contribution in [-0.2, 0) is 4.79 Å². The molecule has 1 rings (SSSR count). The minimum atomic E-state index is -1.09. The van der Waals surface area contributed by atoms with Crippen LogP contribution < -0.4 is 10.8 Å². The van der Waals surface area contributed by atoms with E-state index >= 15 is 0 Å². The van der Waals surface area contributed by atoms with Crippen LogP contribution in [0.3, 0.4) is 0 Å². The molecule has 5 heteroatoms. The normalized spacial score (nSPS) is 18.8. The van der Waals surface area contributed by atoms with Gasteiger partial charge in [0.2, 0.25) is 5.84 Å². The molecular weight excluding hydrogens is 410 g/mol. The van der Waals surface area contributed by atoms with E-state index < -0.39 is 5.97 Å². The summed E-state index contributed by atoms with van der Waals surface area (Å²) in [6, 6.07) is 0. The first kappa shape index (κ1) is 29.6. The highest BCUT2D eigenvalue weighted by Gasteiger charge is 2.38. The first-order valence-electron chi connectivity index (χ1n) is 13.7. The number of hydrogen-bond donors (Lipinski definition) is 1. The Hall–Kier alpha value is -1.46. The van der Waals surface area contributed by atoms with Gasteiger partial charge in [0.05, 0.1) is 12.2 Å². The van der Waals surface area contributed by atoms with Gasteiger partial charge in [0, 0.05) is 13.3 Å². The van der Waals surface area contributed by atoms with Gasteiger partial charge < -0.3 is 9.90 Å². The molecule has 0 fully saturated rings. The SMILES string of the molecule is C/C=C/CCCCCCCCCCCCCCCCCCC1=NC=C[N+]1(CC(=O)[O-])C(C)N. The number of nitrogens with zero attached hydrogens (tertiary/aromatic N) is 2. The molecule has 0 aliphatic carbocycles. The lowest BCUT2D eigenvalue weighted by molar-refractivity contribution is -0.808. The molecule has 2 N–H and O–H groups in total. The summed E-state index contributed by atoms with van der Waals surface area (Å²) in [4.78, 5) is 15.6. The molecule has 190 valence electrons. The maximum atomic E-state index is 11.2. The second-order valence-electron chi connectivity index (χ2n) is 9.81. The van der Waals surface area contributed by atoms with Crippen molar-refractivity contribution in [3.8, 4) is 0 Å². The van der Waals surface area contributed by atoms with Crippen molar-refractivity contribution >= 4 is 11.8 Å². The largest absolute Gasteiger partial charge is 0.544 e. The molecule has 0 saturated carbocycles. The molecule has 0 amide bonds. The minimum absolute atomic E-state index is 0.110. The van der Waals surface area contributed by atoms with Crippen LogP contribution in [0.1, 0.15) is 129 Å². The third kappa shape index (κ3) is 13.1. The smallest absolute Gasteiger partial charge is 0.209 e. The zero-order valence-corrected chi connectivity index (χ0v) is 21.6. The Balaban J connectivity index is 1.90. The number of allylic oxidation sites excluding steroid dienone is 2. The fourth-order valence-corrected chi connectivity index (χ4v) is 4.76. The van der Waals surface area contributed by atoms with Gasteiger partial charge in [-0.1, -0.05) is 102 Å². The predicted molar refractivity (Wildman–Crippen MR) is 138 cm³/mol. The highest BCUT2D eigenvalue weighted by Crippen LogP contribution is 2.23. The molecule has 2 unspecified atom stereocenters. The zero-order valence-electron chi connectivity index (χ0n) is 21.6. The maximum Gasteiger partial charge on any atom is 0.209 e. The van der Waals surface area contributed by atoms with E-state index in [9.17, 15) is 9.90 Å². The van der Waals surface area contributed by atoms with E-state index in [0.29, 0.717) is 0 Å². The molecular formula is C28H51N3O2. The van der Waals surface area contributed by atoms with E-state index in [0.717, 1.165) is 18.7 Å². The fourth-order valence-electron chi connectivity index (χ4n) is 4.76. The summed E-state index contributed by atoms with van der Waals surface area (Å²) >= 11 is 0. The highest BCUT2D eigenvalue weighted by molar-refractivity contribution is 5.81. The highest BCUT2D eigenvalue weighted by atomic mass is 16.4. The Morgan fingerprint density at radius 2 is 1.36 bits per heavy atom. The lowest BCUT2D eigenvalue weighted by Gasteiger charge is -2.36. The van der Waals surface area contributed by atoms with E-state index in [1.165, 1.54) is 103 Å². The summed E-state index contributed by atoms with van der Waals surface area (Å²) in [5, 5.41) is 11.2. The van der Waals surface area contributed by atoms with Crippen molar-refractivity contribution in [1.29, 1.82) is 0 Å². The lowest BCUT2D eigenvalue weighted by atomic mass is 10.0. The number of carbonyl (C=O) groups is 1. The molecule has 1 heterocycles. The molecule has 2 atom stereocenters. The number of quaternary nitrogens is 1. The van der Waals surface area contributed by atoms with Crippen LogP contribution in [0.5, 0.6) is 0 Å². The summed E-state index contributed by atoms with van der Waals surface area (Å²) in [6.45, 7) is 3.80. The van der Waals surface area contributed by atoms with Crippen LogP contribution in [0.2, 0.25) is 0 Å². The average Bonchev–Trinajstić information content (AvgIpc) is 3.18. The van der Waals surface area contributed by atoms with Crippen molar-refractivity contribution in [2.45, 2.75) is 136 Å². The summed E-state index contributed by atoms with van der Waals surface area (Å²) in [6.07, 6.45) is 31.1. The number of carboxylic acid groups (broad SMARTS) is 1. The van der Waals surface area contributed by atoms with Gasteiger partial charge in [0.1, 0.15) is 18.9 Å². The predicted octanol–water partition coefficient (Wildman–Crippen LogP) is 6.34. The topological polar surface area (TPSA) is 78.5 Å². The zero-order chi connectivity index (χ0) is 24.2. The number of carbonyl (C=O) groups excluding carboxylic acids is 1.